The van der Waals surface area contributed by atoms with E-state index in [1.54, 1.807) is 0 Å². The van der Waals surface area contributed by atoms with E-state index >= 15 is 0 Å². The quantitative estimate of drug-likeness (QED) is 0.216. The molecule has 0 amide bonds. The van der Waals surface area contributed by atoms with Gasteiger partial charge in [0, 0.05) is 24.9 Å². The van der Waals surface area contributed by atoms with E-state index in [1.807, 2.05) is 0 Å². The van der Waals surface area contributed by atoms with Gasteiger partial charge in [0.1, 0.15) is 0 Å². The van der Waals surface area contributed by atoms with Crippen molar-refractivity contribution in [2.24, 2.45) is 10.8 Å². The summed E-state index contributed by atoms with van der Waals surface area (Å²) >= 11 is 0. The van der Waals surface area contributed by atoms with Crippen molar-refractivity contribution in [2.45, 2.75) is 0 Å². The lowest BCUT2D eigenvalue weighted by Crippen LogP contribution is -2.36. The first-order chi connectivity index (χ1) is 7.08. The van der Waals surface area contributed by atoms with Crippen molar-refractivity contribution in [3.05, 3.63) is 29.6 Å². The van der Waals surface area contributed by atoms with Gasteiger partial charge in [0.05, 0.1) is 0 Å². The fourth-order valence-corrected chi connectivity index (χ4v) is 0.921. The van der Waals surface area contributed by atoms with Gasteiger partial charge in [0.2, 0.25) is 5.96 Å². The first kappa shape index (κ1) is 11.3. The summed E-state index contributed by atoms with van der Waals surface area (Å²) < 4.78 is 38.1. The molecule has 7 heteroatoms. The molecule has 1 aromatic rings. The number of guanidine groups is 1. The summed E-state index contributed by atoms with van der Waals surface area (Å²) in [5.74, 6) is 1.04. The molecule has 4 N–H and O–H groups in total. The molecule has 0 unspecified atom stereocenters. The van der Waals surface area contributed by atoms with E-state index < -0.39 is 17.5 Å². The number of hydrogen-bond donors (Lipinski definition) is 3. The van der Waals surface area contributed by atoms with E-state index in [1.165, 1.54) is 7.05 Å². The zero-order valence-corrected chi connectivity index (χ0v) is 7.81. The number of hydrazine groups is 1. The van der Waals surface area contributed by atoms with Crippen LogP contribution in [0.15, 0.2) is 17.1 Å². The van der Waals surface area contributed by atoms with Crippen molar-refractivity contribution >= 4 is 11.6 Å². The molecule has 0 heterocycles. The number of halogens is 3. The Hall–Kier alpha value is -1.76. The third-order valence-corrected chi connectivity index (χ3v) is 1.61. The molecule has 0 aliphatic carbocycles. The molecule has 0 aliphatic heterocycles. The van der Waals surface area contributed by atoms with Gasteiger partial charge < -0.3 is 5.32 Å². The van der Waals surface area contributed by atoms with Crippen LogP contribution in [-0.2, 0) is 0 Å². The van der Waals surface area contributed by atoms with Crippen LogP contribution in [0.1, 0.15) is 0 Å². The van der Waals surface area contributed by atoms with Crippen LogP contribution >= 0.6 is 0 Å². The van der Waals surface area contributed by atoms with Crippen LogP contribution in [0.5, 0.6) is 0 Å². The standard InChI is InChI=1S/C8H9F3N4/c1-13-8(15-12)14-4-2-5(9)7(11)6(10)3-4/h2-3H,12H2,1H3,(H2,13,14,15). The molecule has 0 atom stereocenters. The second kappa shape index (κ2) is 4.65. The van der Waals surface area contributed by atoms with E-state index in [2.05, 4.69) is 15.7 Å². The zero-order chi connectivity index (χ0) is 11.4. The maximum Gasteiger partial charge on any atom is 0.209 e. The van der Waals surface area contributed by atoms with Gasteiger partial charge in [-0.15, -0.1) is 0 Å². The number of benzene rings is 1. The van der Waals surface area contributed by atoms with E-state index in [-0.39, 0.29) is 11.6 Å². The fourth-order valence-electron chi connectivity index (χ4n) is 0.921. The smallest absolute Gasteiger partial charge is 0.209 e. The van der Waals surface area contributed by atoms with Gasteiger partial charge in [-0.1, -0.05) is 0 Å². The lowest BCUT2D eigenvalue weighted by molar-refractivity contribution is 0.448. The minimum Gasteiger partial charge on any atom is -0.325 e. The maximum absolute atomic E-state index is 12.8. The zero-order valence-electron chi connectivity index (χ0n) is 7.81. The van der Waals surface area contributed by atoms with Crippen molar-refractivity contribution < 1.29 is 13.2 Å². The molecule has 1 rings (SSSR count). The molecule has 4 nitrogen and oxygen atoms in total. The predicted molar refractivity (Wildman–Crippen MR) is 50.6 cm³/mol. The van der Waals surface area contributed by atoms with Gasteiger partial charge in [-0.05, 0) is 0 Å². The van der Waals surface area contributed by atoms with E-state index in [0.717, 1.165) is 12.1 Å². The monoisotopic (exact) mass is 218 g/mol. The summed E-state index contributed by atoms with van der Waals surface area (Å²) in [6.07, 6.45) is 0. The predicted octanol–water partition coefficient (Wildman–Crippen LogP) is 0.965. The van der Waals surface area contributed by atoms with Gasteiger partial charge in [-0.3, -0.25) is 10.4 Å². The Morgan fingerprint density at radius 2 is 1.80 bits per heavy atom. The molecule has 0 aliphatic rings. The average Bonchev–Trinajstić information content (AvgIpc) is 2.22. The third-order valence-electron chi connectivity index (χ3n) is 1.61. The van der Waals surface area contributed by atoms with Gasteiger partial charge in [0.15, 0.2) is 17.5 Å². The number of nitrogens with zero attached hydrogens (tertiary/aromatic N) is 1. The van der Waals surface area contributed by atoms with E-state index in [4.69, 9.17) is 5.84 Å². The van der Waals surface area contributed by atoms with Gasteiger partial charge in [0.25, 0.3) is 0 Å². The van der Waals surface area contributed by atoms with Crippen molar-refractivity contribution in [1.29, 1.82) is 0 Å². The van der Waals surface area contributed by atoms with Crippen LogP contribution in [0.2, 0.25) is 0 Å². The maximum atomic E-state index is 12.8. The fraction of sp³-hybridized carbons (Fsp3) is 0.125. The van der Waals surface area contributed by atoms with E-state index in [9.17, 15) is 13.2 Å². The first-order valence-corrected chi connectivity index (χ1v) is 3.93. The molecule has 0 saturated carbocycles. The Balaban J connectivity index is 2.97. The number of nitrogens with two attached hydrogens (primary N) is 1. The van der Waals surface area contributed by atoms with Crippen LogP contribution in [0.25, 0.3) is 0 Å². The lowest BCUT2D eigenvalue weighted by Gasteiger charge is -2.08. The minimum atomic E-state index is -1.52. The number of aliphatic imine (C=N–C) groups is 1. The van der Waals surface area contributed by atoms with Crippen molar-refractivity contribution in [2.75, 3.05) is 12.4 Å². The molecule has 0 spiro atoms. The van der Waals surface area contributed by atoms with Gasteiger partial charge >= 0.3 is 0 Å². The normalized spacial score (nSPS) is 11.4. The Labute approximate surface area is 84.0 Å². The molecular formula is C8H9F3N4. The topological polar surface area (TPSA) is 62.4 Å². The third kappa shape index (κ3) is 2.59. The highest BCUT2D eigenvalue weighted by atomic mass is 19.2. The number of anilines is 1. The average molecular weight is 218 g/mol. The number of rotatable bonds is 1. The molecule has 0 fully saturated rings. The molecule has 15 heavy (non-hydrogen) atoms. The summed E-state index contributed by atoms with van der Waals surface area (Å²) in [6, 6.07) is 1.59. The summed E-state index contributed by atoms with van der Waals surface area (Å²) in [4.78, 5) is 3.61. The Bertz CT molecular complexity index is 368. The highest BCUT2D eigenvalue weighted by molar-refractivity contribution is 5.93. The Morgan fingerprint density at radius 3 is 2.20 bits per heavy atom. The van der Waals surface area contributed by atoms with Gasteiger partial charge in [-0.2, -0.15) is 0 Å². The number of hydrogen-bond acceptors (Lipinski definition) is 2. The van der Waals surface area contributed by atoms with Gasteiger partial charge in [-0.25, -0.2) is 19.0 Å². The minimum absolute atomic E-state index is 0.00458. The highest BCUT2D eigenvalue weighted by Crippen LogP contribution is 2.16. The van der Waals surface area contributed by atoms with Crippen LogP contribution in [-0.4, -0.2) is 13.0 Å². The van der Waals surface area contributed by atoms with Crippen LogP contribution < -0.4 is 16.6 Å². The first-order valence-electron chi connectivity index (χ1n) is 3.93. The van der Waals surface area contributed by atoms with Crippen molar-refractivity contribution in [1.82, 2.24) is 5.43 Å². The summed E-state index contributed by atoms with van der Waals surface area (Å²) in [5, 5.41) is 2.45. The molecule has 82 valence electrons. The Kier molecular flexibility index (Phi) is 3.51. The van der Waals surface area contributed by atoms with E-state index in [0.29, 0.717) is 0 Å². The second-order valence-electron chi connectivity index (χ2n) is 2.60. The molecule has 0 aromatic heterocycles. The molecule has 0 saturated heterocycles. The second-order valence-corrected chi connectivity index (χ2v) is 2.60. The Morgan fingerprint density at radius 1 is 1.27 bits per heavy atom. The molecular weight excluding hydrogens is 209 g/mol. The SMILES string of the molecule is CN=C(NN)Nc1cc(F)c(F)c(F)c1. The van der Waals surface area contributed by atoms with Crippen LogP contribution in [0, 0.1) is 17.5 Å². The lowest BCUT2D eigenvalue weighted by atomic mass is 10.3. The highest BCUT2D eigenvalue weighted by Gasteiger charge is 2.10. The molecule has 0 bridgehead atoms. The molecule has 1 aromatic carbocycles. The largest absolute Gasteiger partial charge is 0.325 e. The summed E-state index contributed by atoms with van der Waals surface area (Å²) in [6.45, 7) is 0. The van der Waals surface area contributed by atoms with Crippen molar-refractivity contribution in [3.8, 4) is 0 Å². The van der Waals surface area contributed by atoms with Crippen LogP contribution in [0.4, 0.5) is 18.9 Å². The molecule has 0 radical (unpaired) electrons. The van der Waals surface area contributed by atoms with Crippen molar-refractivity contribution in [3.63, 3.8) is 0 Å². The number of nitrogens with one attached hydrogen (secondary N) is 2. The van der Waals surface area contributed by atoms with Crippen LogP contribution in [0.3, 0.4) is 0 Å². The summed E-state index contributed by atoms with van der Waals surface area (Å²) in [5.41, 5.74) is 2.16. The summed E-state index contributed by atoms with van der Waals surface area (Å²) in [7, 11) is 1.42.